The van der Waals surface area contributed by atoms with Gasteiger partial charge in [0.05, 0.1) is 12.2 Å². The zero-order valence-electron chi connectivity index (χ0n) is 10.0. The van der Waals surface area contributed by atoms with Crippen molar-refractivity contribution in [2.24, 2.45) is 5.92 Å². The molecule has 2 saturated heterocycles. The monoisotopic (exact) mass is 212 g/mol. The average Bonchev–Trinajstić information content (AvgIpc) is 2.17. The van der Waals surface area contributed by atoms with Gasteiger partial charge in [0.25, 0.3) is 0 Å². The highest BCUT2D eigenvalue weighted by atomic mass is 16.5. The molecule has 0 aliphatic carbocycles. The largest absolute Gasteiger partial charge is 0.373 e. The van der Waals surface area contributed by atoms with Gasteiger partial charge in [0.1, 0.15) is 0 Å². The normalized spacial score (nSPS) is 35.6. The molecule has 15 heavy (non-hydrogen) atoms. The number of nitrogens with one attached hydrogen (secondary N) is 1. The lowest BCUT2D eigenvalue weighted by atomic mass is 9.97. The smallest absolute Gasteiger partial charge is 0.0678 e. The molecule has 2 fully saturated rings. The summed E-state index contributed by atoms with van der Waals surface area (Å²) < 4.78 is 5.75. The lowest BCUT2D eigenvalue weighted by molar-refractivity contribution is -0.0722. The van der Waals surface area contributed by atoms with Crippen LogP contribution in [-0.2, 0) is 4.74 Å². The maximum atomic E-state index is 5.75. The summed E-state index contributed by atoms with van der Waals surface area (Å²) in [6, 6.07) is 0. The topological polar surface area (TPSA) is 24.5 Å². The van der Waals surface area contributed by atoms with Crippen LogP contribution >= 0.6 is 0 Å². The molecule has 2 atom stereocenters. The van der Waals surface area contributed by atoms with Crippen LogP contribution in [0.25, 0.3) is 0 Å². The van der Waals surface area contributed by atoms with Crippen molar-refractivity contribution < 1.29 is 4.74 Å². The Bertz CT molecular complexity index is 182. The van der Waals surface area contributed by atoms with Crippen LogP contribution in [0.1, 0.15) is 26.7 Å². The first-order chi connectivity index (χ1) is 7.24. The molecule has 2 aliphatic heterocycles. The minimum absolute atomic E-state index is 0.412. The molecule has 0 spiro atoms. The van der Waals surface area contributed by atoms with Crippen LogP contribution in [0.2, 0.25) is 0 Å². The quantitative estimate of drug-likeness (QED) is 0.742. The lowest BCUT2D eigenvalue weighted by Gasteiger charge is -2.38. The van der Waals surface area contributed by atoms with Gasteiger partial charge in [-0.2, -0.15) is 0 Å². The van der Waals surface area contributed by atoms with Gasteiger partial charge in [-0.05, 0) is 45.7 Å². The van der Waals surface area contributed by atoms with Crippen molar-refractivity contribution in [3.8, 4) is 0 Å². The molecule has 0 unspecified atom stereocenters. The Kier molecular flexibility index (Phi) is 4.00. The van der Waals surface area contributed by atoms with Crippen LogP contribution in [0.3, 0.4) is 0 Å². The minimum atomic E-state index is 0.412. The van der Waals surface area contributed by atoms with E-state index in [9.17, 15) is 0 Å². The third kappa shape index (κ3) is 3.44. The van der Waals surface area contributed by atoms with E-state index < -0.39 is 0 Å². The summed E-state index contributed by atoms with van der Waals surface area (Å²) >= 11 is 0. The number of ether oxygens (including phenoxy) is 1. The van der Waals surface area contributed by atoms with E-state index in [2.05, 4.69) is 24.1 Å². The van der Waals surface area contributed by atoms with E-state index in [1.807, 2.05) is 0 Å². The summed E-state index contributed by atoms with van der Waals surface area (Å²) in [4.78, 5) is 2.59. The van der Waals surface area contributed by atoms with E-state index in [4.69, 9.17) is 4.74 Å². The molecule has 0 saturated carbocycles. The molecule has 0 aromatic rings. The van der Waals surface area contributed by atoms with Crippen molar-refractivity contribution in [3.63, 3.8) is 0 Å². The molecular formula is C12H24N2O. The van der Waals surface area contributed by atoms with Crippen LogP contribution in [0.4, 0.5) is 0 Å². The third-order valence-electron chi connectivity index (χ3n) is 3.47. The lowest BCUT2D eigenvalue weighted by Crippen LogP contribution is -2.48. The summed E-state index contributed by atoms with van der Waals surface area (Å²) in [6.07, 6.45) is 3.52. The summed E-state index contributed by atoms with van der Waals surface area (Å²) in [5.41, 5.74) is 0. The van der Waals surface area contributed by atoms with Gasteiger partial charge in [-0.15, -0.1) is 0 Å². The van der Waals surface area contributed by atoms with E-state index in [0.717, 1.165) is 19.0 Å². The van der Waals surface area contributed by atoms with Gasteiger partial charge in [-0.3, -0.25) is 4.90 Å². The van der Waals surface area contributed by atoms with Gasteiger partial charge in [-0.1, -0.05) is 0 Å². The highest BCUT2D eigenvalue weighted by molar-refractivity contribution is 4.78. The fourth-order valence-electron chi connectivity index (χ4n) is 2.86. The molecule has 0 aromatic heterocycles. The second-order valence-corrected chi connectivity index (χ2v) is 5.17. The maximum absolute atomic E-state index is 5.75. The first-order valence-corrected chi connectivity index (χ1v) is 6.32. The van der Waals surface area contributed by atoms with Gasteiger partial charge >= 0.3 is 0 Å². The Morgan fingerprint density at radius 3 is 2.33 bits per heavy atom. The van der Waals surface area contributed by atoms with Crippen LogP contribution in [0, 0.1) is 5.92 Å². The molecule has 88 valence electrons. The molecule has 2 heterocycles. The van der Waals surface area contributed by atoms with E-state index in [-0.39, 0.29) is 0 Å². The molecule has 2 aliphatic rings. The number of hydrogen-bond donors (Lipinski definition) is 1. The van der Waals surface area contributed by atoms with Gasteiger partial charge in [0.2, 0.25) is 0 Å². The van der Waals surface area contributed by atoms with E-state index in [0.29, 0.717) is 12.2 Å². The summed E-state index contributed by atoms with van der Waals surface area (Å²) in [6.45, 7) is 10.3. The van der Waals surface area contributed by atoms with Gasteiger partial charge < -0.3 is 10.1 Å². The SMILES string of the molecule is C[C@@H]1CN(CC2CCNCC2)C[C@@H](C)O1. The van der Waals surface area contributed by atoms with Gasteiger partial charge in [-0.25, -0.2) is 0 Å². The molecule has 3 nitrogen and oxygen atoms in total. The van der Waals surface area contributed by atoms with Crippen LogP contribution in [-0.4, -0.2) is 49.8 Å². The molecular weight excluding hydrogens is 188 g/mol. The average molecular weight is 212 g/mol. The van der Waals surface area contributed by atoms with Crippen molar-refractivity contribution in [2.45, 2.75) is 38.9 Å². The van der Waals surface area contributed by atoms with Crippen molar-refractivity contribution in [3.05, 3.63) is 0 Å². The Balaban J connectivity index is 1.77. The first kappa shape index (κ1) is 11.4. The van der Waals surface area contributed by atoms with E-state index in [1.165, 1.54) is 32.5 Å². The Labute approximate surface area is 93.2 Å². The highest BCUT2D eigenvalue weighted by Gasteiger charge is 2.24. The Hall–Kier alpha value is -0.120. The zero-order chi connectivity index (χ0) is 10.7. The molecule has 3 heteroatoms. The van der Waals surface area contributed by atoms with Crippen molar-refractivity contribution in [1.82, 2.24) is 10.2 Å². The van der Waals surface area contributed by atoms with E-state index in [1.54, 1.807) is 0 Å². The number of hydrogen-bond acceptors (Lipinski definition) is 3. The fraction of sp³-hybridized carbons (Fsp3) is 1.00. The van der Waals surface area contributed by atoms with Crippen LogP contribution in [0.15, 0.2) is 0 Å². The van der Waals surface area contributed by atoms with E-state index >= 15 is 0 Å². The van der Waals surface area contributed by atoms with Gasteiger partial charge in [0.15, 0.2) is 0 Å². The molecule has 2 rings (SSSR count). The standard InChI is InChI=1S/C12H24N2O/c1-10-7-14(8-11(2)15-10)9-12-3-5-13-6-4-12/h10-13H,3-9H2,1-2H3/t10-,11-/m1/s1. The Morgan fingerprint density at radius 1 is 1.13 bits per heavy atom. The third-order valence-corrected chi connectivity index (χ3v) is 3.47. The second-order valence-electron chi connectivity index (χ2n) is 5.17. The highest BCUT2D eigenvalue weighted by Crippen LogP contribution is 2.17. The molecule has 0 radical (unpaired) electrons. The summed E-state index contributed by atoms with van der Waals surface area (Å²) in [7, 11) is 0. The van der Waals surface area contributed by atoms with Crippen molar-refractivity contribution in [2.75, 3.05) is 32.7 Å². The molecule has 1 N–H and O–H groups in total. The van der Waals surface area contributed by atoms with Crippen molar-refractivity contribution >= 4 is 0 Å². The fourth-order valence-corrected chi connectivity index (χ4v) is 2.86. The zero-order valence-corrected chi connectivity index (χ0v) is 10.0. The number of nitrogens with zero attached hydrogens (tertiary/aromatic N) is 1. The summed E-state index contributed by atoms with van der Waals surface area (Å²) in [5.74, 6) is 0.906. The van der Waals surface area contributed by atoms with Crippen LogP contribution in [0.5, 0.6) is 0 Å². The minimum Gasteiger partial charge on any atom is -0.373 e. The summed E-state index contributed by atoms with van der Waals surface area (Å²) in [5, 5.41) is 3.43. The molecule has 0 amide bonds. The number of morpholine rings is 1. The maximum Gasteiger partial charge on any atom is 0.0678 e. The number of rotatable bonds is 2. The number of piperidine rings is 1. The predicted octanol–water partition coefficient (Wildman–Crippen LogP) is 1.10. The van der Waals surface area contributed by atoms with Gasteiger partial charge in [0, 0.05) is 19.6 Å². The Morgan fingerprint density at radius 2 is 1.73 bits per heavy atom. The molecule has 0 aromatic carbocycles. The first-order valence-electron chi connectivity index (χ1n) is 6.32. The predicted molar refractivity (Wildman–Crippen MR) is 62.0 cm³/mol. The van der Waals surface area contributed by atoms with Crippen LogP contribution < -0.4 is 5.32 Å². The molecule has 0 bridgehead atoms. The second kappa shape index (κ2) is 5.28. The van der Waals surface area contributed by atoms with Crippen molar-refractivity contribution in [1.29, 1.82) is 0 Å².